The van der Waals surface area contributed by atoms with Gasteiger partial charge in [0.15, 0.2) is 11.6 Å². The van der Waals surface area contributed by atoms with E-state index >= 15 is 0 Å². The lowest BCUT2D eigenvalue weighted by molar-refractivity contribution is 0.107. The summed E-state index contributed by atoms with van der Waals surface area (Å²) in [5, 5.41) is -0.878. The topological polar surface area (TPSA) is 56.0 Å². The Bertz CT molecular complexity index is 303. The Morgan fingerprint density at radius 2 is 2.36 bits per heavy atom. The van der Waals surface area contributed by atoms with Crippen LogP contribution in [0.4, 0.5) is 10.2 Å². The second-order valence-corrected chi connectivity index (χ2v) is 2.17. The molecule has 0 aliphatic rings. The van der Waals surface area contributed by atoms with Gasteiger partial charge in [0.25, 0.3) is 5.24 Å². The fourth-order valence-corrected chi connectivity index (χ4v) is 0.758. The SMILES string of the molecule is Nc1nccc(C(=O)Cl)c1F. The van der Waals surface area contributed by atoms with Gasteiger partial charge in [-0.1, -0.05) is 0 Å². The summed E-state index contributed by atoms with van der Waals surface area (Å²) in [6.07, 6.45) is 1.22. The van der Waals surface area contributed by atoms with Crippen LogP contribution >= 0.6 is 11.6 Å². The minimum Gasteiger partial charge on any atom is -0.381 e. The van der Waals surface area contributed by atoms with Crippen molar-refractivity contribution in [2.24, 2.45) is 0 Å². The fourth-order valence-electron chi connectivity index (χ4n) is 0.612. The number of nitrogen functional groups attached to an aromatic ring is 1. The molecule has 0 unspecified atom stereocenters. The zero-order chi connectivity index (χ0) is 8.43. The minimum absolute atomic E-state index is 0.251. The average molecular weight is 175 g/mol. The van der Waals surface area contributed by atoms with E-state index in [2.05, 4.69) is 4.98 Å². The van der Waals surface area contributed by atoms with Gasteiger partial charge in [0.1, 0.15) is 0 Å². The molecule has 0 saturated heterocycles. The molecular weight excluding hydrogens is 171 g/mol. The van der Waals surface area contributed by atoms with Gasteiger partial charge in [0.05, 0.1) is 5.56 Å². The Kier molecular flexibility index (Phi) is 2.05. The van der Waals surface area contributed by atoms with Crippen LogP contribution in [0.25, 0.3) is 0 Å². The van der Waals surface area contributed by atoms with E-state index in [9.17, 15) is 9.18 Å². The Hall–Kier alpha value is -1.16. The highest BCUT2D eigenvalue weighted by Crippen LogP contribution is 2.13. The highest BCUT2D eigenvalue weighted by atomic mass is 35.5. The molecule has 0 radical (unpaired) electrons. The number of hydrogen-bond acceptors (Lipinski definition) is 3. The average Bonchev–Trinajstić information content (AvgIpc) is 1.94. The Morgan fingerprint density at radius 3 is 2.82 bits per heavy atom. The van der Waals surface area contributed by atoms with E-state index in [1.807, 2.05) is 0 Å². The molecule has 2 N–H and O–H groups in total. The maximum Gasteiger partial charge on any atom is 0.255 e. The fraction of sp³-hybridized carbons (Fsp3) is 0. The Balaban J connectivity index is 3.27. The predicted octanol–water partition coefficient (Wildman–Crippen LogP) is 1.18. The molecule has 0 atom stereocenters. The Labute approximate surface area is 67.0 Å². The lowest BCUT2D eigenvalue weighted by Crippen LogP contribution is -2.01. The molecule has 0 aliphatic heterocycles. The van der Waals surface area contributed by atoms with Crippen LogP contribution in [0.15, 0.2) is 12.3 Å². The maximum absolute atomic E-state index is 12.8. The molecule has 1 aromatic rings. The van der Waals surface area contributed by atoms with Crippen molar-refractivity contribution in [1.82, 2.24) is 4.98 Å². The maximum atomic E-state index is 12.8. The molecule has 0 bridgehead atoms. The molecule has 3 nitrogen and oxygen atoms in total. The van der Waals surface area contributed by atoms with Crippen LogP contribution in [0.2, 0.25) is 0 Å². The summed E-state index contributed by atoms with van der Waals surface area (Å²) in [6.45, 7) is 0. The summed E-state index contributed by atoms with van der Waals surface area (Å²) in [7, 11) is 0. The number of rotatable bonds is 1. The number of nitrogens with two attached hydrogens (primary N) is 1. The van der Waals surface area contributed by atoms with E-state index in [4.69, 9.17) is 17.3 Å². The van der Waals surface area contributed by atoms with Crippen molar-refractivity contribution < 1.29 is 9.18 Å². The van der Waals surface area contributed by atoms with Gasteiger partial charge in [0.2, 0.25) is 0 Å². The van der Waals surface area contributed by atoms with E-state index in [-0.39, 0.29) is 11.4 Å². The third-order valence-electron chi connectivity index (χ3n) is 1.13. The van der Waals surface area contributed by atoms with Crippen LogP contribution < -0.4 is 5.73 Å². The molecule has 0 fully saturated rings. The van der Waals surface area contributed by atoms with E-state index in [0.29, 0.717) is 0 Å². The van der Waals surface area contributed by atoms with Crippen LogP contribution in [-0.2, 0) is 0 Å². The molecule has 0 saturated carbocycles. The third kappa shape index (κ3) is 1.46. The highest BCUT2D eigenvalue weighted by Gasteiger charge is 2.11. The van der Waals surface area contributed by atoms with E-state index in [0.717, 1.165) is 0 Å². The van der Waals surface area contributed by atoms with Crippen LogP contribution in [0.3, 0.4) is 0 Å². The van der Waals surface area contributed by atoms with Gasteiger partial charge in [0, 0.05) is 6.20 Å². The van der Waals surface area contributed by atoms with Crippen molar-refractivity contribution in [3.8, 4) is 0 Å². The molecule has 11 heavy (non-hydrogen) atoms. The molecule has 0 spiro atoms. The van der Waals surface area contributed by atoms with Crippen molar-refractivity contribution in [3.05, 3.63) is 23.6 Å². The smallest absolute Gasteiger partial charge is 0.255 e. The number of halogens is 2. The monoisotopic (exact) mass is 174 g/mol. The first-order valence-electron chi connectivity index (χ1n) is 2.72. The van der Waals surface area contributed by atoms with Gasteiger partial charge < -0.3 is 5.73 Å². The molecule has 0 aromatic carbocycles. The normalized spacial score (nSPS) is 9.64. The molecule has 0 amide bonds. The second-order valence-electron chi connectivity index (χ2n) is 1.83. The molecular formula is C6H4ClFN2O. The van der Waals surface area contributed by atoms with E-state index in [1.54, 1.807) is 0 Å². The molecule has 1 aromatic heterocycles. The number of nitrogens with zero attached hydrogens (tertiary/aromatic N) is 1. The Morgan fingerprint density at radius 1 is 1.73 bits per heavy atom. The summed E-state index contributed by atoms with van der Waals surface area (Å²) in [6, 6.07) is 1.17. The molecule has 1 rings (SSSR count). The van der Waals surface area contributed by atoms with Gasteiger partial charge in [-0.25, -0.2) is 9.37 Å². The summed E-state index contributed by atoms with van der Waals surface area (Å²) in [5.41, 5.74) is 4.81. The summed E-state index contributed by atoms with van der Waals surface area (Å²) < 4.78 is 12.8. The van der Waals surface area contributed by atoms with Gasteiger partial charge >= 0.3 is 0 Å². The van der Waals surface area contributed by atoms with E-state index in [1.165, 1.54) is 12.3 Å². The number of carbonyl (C=O) groups is 1. The van der Waals surface area contributed by atoms with Crippen molar-refractivity contribution >= 4 is 22.7 Å². The zero-order valence-corrected chi connectivity index (χ0v) is 6.10. The standard InChI is InChI=1S/C6H4ClFN2O/c7-5(11)3-1-2-10-6(9)4(3)8/h1-2H,(H2,9,10). The van der Waals surface area contributed by atoms with Gasteiger partial charge in [-0.05, 0) is 17.7 Å². The first-order chi connectivity index (χ1) is 5.13. The number of carbonyl (C=O) groups excluding carboxylic acids is 1. The van der Waals surface area contributed by atoms with Crippen molar-refractivity contribution in [1.29, 1.82) is 0 Å². The lowest BCUT2D eigenvalue weighted by Gasteiger charge is -1.97. The summed E-state index contributed by atoms with van der Waals surface area (Å²) in [5.74, 6) is -1.19. The van der Waals surface area contributed by atoms with Crippen LogP contribution in [-0.4, -0.2) is 10.2 Å². The largest absolute Gasteiger partial charge is 0.381 e. The van der Waals surface area contributed by atoms with E-state index < -0.39 is 11.1 Å². The predicted molar refractivity (Wildman–Crippen MR) is 38.8 cm³/mol. The van der Waals surface area contributed by atoms with Gasteiger partial charge in [-0.15, -0.1) is 0 Å². The van der Waals surface area contributed by atoms with Crippen LogP contribution in [0, 0.1) is 5.82 Å². The lowest BCUT2D eigenvalue weighted by atomic mass is 10.3. The minimum atomic E-state index is -0.878. The van der Waals surface area contributed by atoms with Gasteiger partial charge in [-0.3, -0.25) is 4.79 Å². The third-order valence-corrected chi connectivity index (χ3v) is 1.33. The number of aromatic nitrogens is 1. The van der Waals surface area contributed by atoms with Crippen molar-refractivity contribution in [2.75, 3.05) is 5.73 Å². The number of anilines is 1. The number of hydrogen-bond donors (Lipinski definition) is 1. The molecule has 5 heteroatoms. The summed E-state index contributed by atoms with van der Waals surface area (Å²) >= 11 is 5.02. The second kappa shape index (κ2) is 2.84. The highest BCUT2D eigenvalue weighted by molar-refractivity contribution is 6.67. The van der Waals surface area contributed by atoms with Gasteiger partial charge in [-0.2, -0.15) is 0 Å². The van der Waals surface area contributed by atoms with Crippen molar-refractivity contribution in [3.63, 3.8) is 0 Å². The van der Waals surface area contributed by atoms with Crippen LogP contribution in [0.5, 0.6) is 0 Å². The first kappa shape index (κ1) is 7.94. The first-order valence-corrected chi connectivity index (χ1v) is 3.10. The van der Waals surface area contributed by atoms with Crippen LogP contribution in [0.1, 0.15) is 10.4 Å². The molecule has 58 valence electrons. The van der Waals surface area contributed by atoms with Crippen molar-refractivity contribution in [2.45, 2.75) is 0 Å². The zero-order valence-electron chi connectivity index (χ0n) is 5.34. The quantitative estimate of drug-likeness (QED) is 0.651. The molecule has 0 aliphatic carbocycles. The number of pyridine rings is 1. The molecule has 1 heterocycles. The summed E-state index contributed by atoms with van der Waals surface area (Å²) in [4.78, 5) is 13.9.